The molecule has 1 N–H and O–H groups in total. The van der Waals surface area contributed by atoms with Gasteiger partial charge in [0.05, 0.1) is 6.61 Å². The number of pyridine rings is 1. The Kier molecular flexibility index (Phi) is 4.15. The highest BCUT2D eigenvalue weighted by Gasteiger charge is 2.01. The Morgan fingerprint density at radius 1 is 1.17 bits per heavy atom. The summed E-state index contributed by atoms with van der Waals surface area (Å²) in [4.78, 5) is 4.30. The fraction of sp³-hybridized carbons (Fsp3) is 0.214. The zero-order valence-corrected chi connectivity index (χ0v) is 10.5. The summed E-state index contributed by atoms with van der Waals surface area (Å²) in [5.74, 6) is 2.10. The molecule has 0 bridgehead atoms. The van der Waals surface area contributed by atoms with Crippen molar-refractivity contribution in [2.45, 2.75) is 6.61 Å². The molecular weight excluding hydrogens is 228 g/mol. The van der Waals surface area contributed by atoms with Crippen molar-refractivity contribution in [3.63, 3.8) is 0 Å². The molecule has 94 valence electrons. The Morgan fingerprint density at radius 3 is 2.78 bits per heavy atom. The fourth-order valence-electron chi connectivity index (χ4n) is 1.60. The zero-order chi connectivity index (χ0) is 12.8. The van der Waals surface area contributed by atoms with Crippen molar-refractivity contribution in [1.29, 1.82) is 0 Å². The lowest BCUT2D eigenvalue weighted by Gasteiger charge is -2.07. The number of nitrogens with zero attached hydrogens (tertiary/aromatic N) is 1. The van der Waals surface area contributed by atoms with E-state index < -0.39 is 0 Å². The number of benzene rings is 1. The van der Waals surface area contributed by atoms with E-state index in [0.717, 1.165) is 17.1 Å². The average Bonchev–Trinajstić information content (AvgIpc) is 2.40. The summed E-state index contributed by atoms with van der Waals surface area (Å²) in [5, 5.41) is 2.97. The third-order valence-electron chi connectivity index (χ3n) is 2.41. The third kappa shape index (κ3) is 3.21. The Labute approximate surface area is 107 Å². The molecule has 0 aliphatic heterocycles. The highest BCUT2D eigenvalue weighted by molar-refractivity contribution is 5.38. The summed E-state index contributed by atoms with van der Waals surface area (Å²) in [7, 11) is 3.50. The summed E-state index contributed by atoms with van der Waals surface area (Å²) in [5.41, 5.74) is 1.07. The smallest absolute Gasteiger partial charge is 0.221 e. The Balaban J connectivity index is 2.14. The van der Waals surface area contributed by atoms with Gasteiger partial charge in [-0.1, -0.05) is 18.2 Å². The molecule has 0 saturated heterocycles. The van der Waals surface area contributed by atoms with Crippen LogP contribution < -0.4 is 10.1 Å². The number of anilines is 1. The molecule has 2 rings (SSSR count). The molecule has 0 saturated carbocycles. The van der Waals surface area contributed by atoms with Crippen LogP contribution in [-0.2, 0) is 11.3 Å². The first-order valence-electron chi connectivity index (χ1n) is 5.72. The van der Waals surface area contributed by atoms with Gasteiger partial charge >= 0.3 is 0 Å². The van der Waals surface area contributed by atoms with E-state index in [0.29, 0.717) is 12.5 Å². The van der Waals surface area contributed by atoms with Crippen molar-refractivity contribution in [3.8, 4) is 11.6 Å². The topological polar surface area (TPSA) is 43.4 Å². The van der Waals surface area contributed by atoms with Crippen molar-refractivity contribution in [2.75, 3.05) is 19.5 Å². The van der Waals surface area contributed by atoms with Gasteiger partial charge in [-0.05, 0) is 23.8 Å². The SMILES string of the molecule is CNc1cccc(Oc2cccc(COC)c2)n1. The van der Waals surface area contributed by atoms with Crippen LogP contribution in [0.5, 0.6) is 11.6 Å². The van der Waals surface area contributed by atoms with Crippen LogP contribution in [0, 0.1) is 0 Å². The van der Waals surface area contributed by atoms with Gasteiger partial charge in [-0.2, -0.15) is 4.98 Å². The summed E-state index contributed by atoms with van der Waals surface area (Å²) in [6.07, 6.45) is 0. The first kappa shape index (κ1) is 12.4. The molecule has 4 heteroatoms. The van der Waals surface area contributed by atoms with Gasteiger partial charge in [0.2, 0.25) is 5.88 Å². The van der Waals surface area contributed by atoms with Crippen LogP contribution in [0.25, 0.3) is 0 Å². The van der Waals surface area contributed by atoms with Crippen molar-refractivity contribution in [2.24, 2.45) is 0 Å². The molecule has 1 aromatic carbocycles. The van der Waals surface area contributed by atoms with Gasteiger partial charge in [-0.25, -0.2) is 0 Å². The maximum atomic E-state index is 5.70. The summed E-state index contributed by atoms with van der Waals surface area (Å²) >= 11 is 0. The molecule has 18 heavy (non-hydrogen) atoms. The molecule has 0 radical (unpaired) electrons. The number of hydrogen-bond acceptors (Lipinski definition) is 4. The quantitative estimate of drug-likeness (QED) is 0.877. The number of aromatic nitrogens is 1. The van der Waals surface area contributed by atoms with Gasteiger partial charge in [-0.3, -0.25) is 0 Å². The molecule has 1 aromatic heterocycles. The average molecular weight is 244 g/mol. The second-order valence-corrected chi connectivity index (χ2v) is 3.79. The molecule has 0 spiro atoms. The number of hydrogen-bond donors (Lipinski definition) is 1. The molecule has 4 nitrogen and oxygen atoms in total. The number of rotatable bonds is 5. The molecule has 0 unspecified atom stereocenters. The number of ether oxygens (including phenoxy) is 2. The zero-order valence-electron chi connectivity index (χ0n) is 10.5. The standard InChI is InChI=1S/C14H16N2O2/c1-15-13-7-4-8-14(16-13)18-12-6-3-5-11(9-12)10-17-2/h3-9H,10H2,1-2H3,(H,15,16). The number of nitrogens with one attached hydrogen (secondary N) is 1. The van der Waals surface area contributed by atoms with Crippen LogP contribution in [0.15, 0.2) is 42.5 Å². The van der Waals surface area contributed by atoms with Crippen LogP contribution in [0.3, 0.4) is 0 Å². The van der Waals surface area contributed by atoms with E-state index >= 15 is 0 Å². The number of methoxy groups -OCH3 is 1. The van der Waals surface area contributed by atoms with E-state index in [1.54, 1.807) is 7.11 Å². The van der Waals surface area contributed by atoms with Crippen molar-refractivity contribution in [1.82, 2.24) is 4.98 Å². The summed E-state index contributed by atoms with van der Waals surface area (Å²) in [6, 6.07) is 13.4. The highest BCUT2D eigenvalue weighted by atomic mass is 16.5. The van der Waals surface area contributed by atoms with Gasteiger partial charge in [0, 0.05) is 20.2 Å². The van der Waals surface area contributed by atoms with E-state index in [9.17, 15) is 0 Å². The normalized spacial score (nSPS) is 10.1. The molecule has 0 atom stereocenters. The highest BCUT2D eigenvalue weighted by Crippen LogP contribution is 2.21. The van der Waals surface area contributed by atoms with Crippen molar-refractivity contribution >= 4 is 5.82 Å². The molecule has 1 heterocycles. The Morgan fingerprint density at radius 2 is 2.00 bits per heavy atom. The predicted octanol–water partition coefficient (Wildman–Crippen LogP) is 3.06. The lowest BCUT2D eigenvalue weighted by Crippen LogP contribution is -1.94. The van der Waals surface area contributed by atoms with Crippen molar-refractivity contribution < 1.29 is 9.47 Å². The van der Waals surface area contributed by atoms with Crippen LogP contribution in [0.4, 0.5) is 5.82 Å². The van der Waals surface area contributed by atoms with E-state index in [2.05, 4.69) is 10.3 Å². The maximum absolute atomic E-state index is 5.70. The van der Waals surface area contributed by atoms with E-state index in [1.807, 2.05) is 49.5 Å². The lowest BCUT2D eigenvalue weighted by molar-refractivity contribution is 0.184. The van der Waals surface area contributed by atoms with Crippen LogP contribution >= 0.6 is 0 Å². The van der Waals surface area contributed by atoms with Gasteiger partial charge in [0.15, 0.2) is 0 Å². The van der Waals surface area contributed by atoms with Crippen LogP contribution in [-0.4, -0.2) is 19.1 Å². The molecule has 2 aromatic rings. The van der Waals surface area contributed by atoms with E-state index in [-0.39, 0.29) is 0 Å². The second kappa shape index (κ2) is 6.02. The fourth-order valence-corrected chi connectivity index (χ4v) is 1.60. The summed E-state index contributed by atoms with van der Waals surface area (Å²) in [6.45, 7) is 0.571. The molecule has 0 aliphatic carbocycles. The third-order valence-corrected chi connectivity index (χ3v) is 2.41. The first-order chi connectivity index (χ1) is 8.81. The van der Waals surface area contributed by atoms with Gasteiger partial charge < -0.3 is 14.8 Å². The molecule has 0 amide bonds. The van der Waals surface area contributed by atoms with Gasteiger partial charge in [0.1, 0.15) is 11.6 Å². The largest absolute Gasteiger partial charge is 0.439 e. The summed E-state index contributed by atoms with van der Waals surface area (Å²) < 4.78 is 10.8. The minimum atomic E-state index is 0.566. The van der Waals surface area contributed by atoms with Crippen LogP contribution in [0.2, 0.25) is 0 Å². The predicted molar refractivity (Wildman–Crippen MR) is 71.0 cm³/mol. The monoisotopic (exact) mass is 244 g/mol. The lowest BCUT2D eigenvalue weighted by atomic mass is 10.2. The minimum Gasteiger partial charge on any atom is -0.439 e. The van der Waals surface area contributed by atoms with Crippen LogP contribution in [0.1, 0.15) is 5.56 Å². The van der Waals surface area contributed by atoms with Gasteiger partial charge in [-0.15, -0.1) is 0 Å². The van der Waals surface area contributed by atoms with E-state index in [1.165, 1.54) is 0 Å². The maximum Gasteiger partial charge on any atom is 0.221 e. The molecule has 0 fully saturated rings. The Hall–Kier alpha value is -2.07. The first-order valence-corrected chi connectivity index (χ1v) is 5.72. The second-order valence-electron chi connectivity index (χ2n) is 3.79. The van der Waals surface area contributed by atoms with Gasteiger partial charge in [0.25, 0.3) is 0 Å². The van der Waals surface area contributed by atoms with E-state index in [4.69, 9.17) is 9.47 Å². The molecule has 0 aliphatic rings. The molecular formula is C14H16N2O2. The minimum absolute atomic E-state index is 0.566. The van der Waals surface area contributed by atoms with Crippen molar-refractivity contribution in [3.05, 3.63) is 48.0 Å². The Bertz CT molecular complexity index is 515.